The fourth-order valence-corrected chi connectivity index (χ4v) is 11.5. The maximum Gasteiger partial charge on any atom is 0.316 e. The number of methoxy groups -OCH3 is 3. The van der Waals surface area contributed by atoms with Crippen LogP contribution in [0.3, 0.4) is 0 Å². The third-order valence-corrected chi connectivity index (χ3v) is 15.7. The fourth-order valence-electron chi connectivity index (χ4n) is 11.5. The van der Waals surface area contributed by atoms with E-state index in [0.29, 0.717) is 50.0 Å². The standard InChI is InChI=1S/C54H83NO17/c1-12-30(2)49-33(5)18-19-53(72-49)26-40-23-39(71-53)17-16-32(4)48(69-45-25-43(62-11)50(35(7)67-45)70-44-24-42(61-10)46(34(6)66-44)55-36(8)56)31(3)14-13-15-38-28-65-51-47(57)37(27-64-29-63-21-20-60-9)22-41(52(58)68-40)54(38,51)59/h13-16,18-19,22,30-31,33-35,39-51,57,59H,12,17,20-21,23-29H2,1-11H3,(H,55,56)/b14-13+,32-16+,38-15+. The second kappa shape index (κ2) is 25.3. The molecule has 3 N–H and O–H groups in total. The number of nitrogens with one attached hydrogen (secondary N) is 1. The van der Waals surface area contributed by atoms with Crippen molar-refractivity contribution in [1.82, 2.24) is 5.32 Å². The van der Waals surface area contributed by atoms with Gasteiger partial charge in [-0.25, -0.2) is 0 Å². The molecule has 0 radical (unpaired) electrons. The largest absolute Gasteiger partial charge is 0.462 e. The predicted octanol–water partition coefficient (Wildman–Crippen LogP) is 5.14. The van der Waals surface area contributed by atoms with Gasteiger partial charge >= 0.3 is 5.97 Å². The third kappa shape index (κ3) is 13.0. The van der Waals surface area contributed by atoms with Crippen LogP contribution in [0.25, 0.3) is 0 Å². The van der Waals surface area contributed by atoms with E-state index in [-0.39, 0.29) is 74.4 Å². The van der Waals surface area contributed by atoms with Crippen molar-refractivity contribution in [1.29, 1.82) is 0 Å². The summed E-state index contributed by atoms with van der Waals surface area (Å²) in [6.07, 6.45) is 8.50. The molecular weight excluding hydrogens is 935 g/mol. The van der Waals surface area contributed by atoms with Crippen molar-refractivity contribution >= 4 is 11.9 Å². The minimum Gasteiger partial charge on any atom is -0.462 e. The van der Waals surface area contributed by atoms with E-state index >= 15 is 0 Å². The van der Waals surface area contributed by atoms with Gasteiger partial charge in [0, 0.05) is 65.8 Å². The Balaban J connectivity index is 1.17. The number of carbonyl (C=O) groups is 2. The highest BCUT2D eigenvalue weighted by atomic mass is 16.7. The number of carbonyl (C=O) groups excluding carboxylic acids is 2. The van der Waals surface area contributed by atoms with Crippen molar-refractivity contribution in [3.63, 3.8) is 0 Å². The number of hydrogen-bond acceptors (Lipinski definition) is 17. The number of esters is 1. The van der Waals surface area contributed by atoms with Crippen LogP contribution in [0.2, 0.25) is 0 Å². The van der Waals surface area contributed by atoms with Gasteiger partial charge in [-0.3, -0.25) is 9.59 Å². The second-order valence-electron chi connectivity index (χ2n) is 20.9. The number of allylic oxidation sites excluding steroid dienone is 2. The molecule has 72 heavy (non-hydrogen) atoms. The van der Waals surface area contributed by atoms with Gasteiger partial charge < -0.3 is 77.1 Å². The lowest BCUT2D eigenvalue weighted by Crippen LogP contribution is -2.58. The maximum atomic E-state index is 14.7. The summed E-state index contributed by atoms with van der Waals surface area (Å²) in [7, 11) is 4.84. The molecule has 2 bridgehead atoms. The third-order valence-electron chi connectivity index (χ3n) is 15.7. The van der Waals surface area contributed by atoms with Crippen LogP contribution in [-0.4, -0.2) is 174 Å². The highest BCUT2D eigenvalue weighted by Crippen LogP contribution is 2.47. The Morgan fingerprint density at radius 3 is 2.39 bits per heavy atom. The van der Waals surface area contributed by atoms with Crippen LogP contribution in [0.15, 0.2) is 59.3 Å². The number of fused-ring (bicyclic) bond motifs is 2. The average Bonchev–Trinajstić information content (AvgIpc) is 3.69. The highest BCUT2D eigenvalue weighted by molar-refractivity contribution is 5.78. The van der Waals surface area contributed by atoms with Crippen LogP contribution < -0.4 is 5.32 Å². The molecule has 18 nitrogen and oxygen atoms in total. The summed E-state index contributed by atoms with van der Waals surface area (Å²) in [5, 5.41) is 27.5. The molecule has 4 saturated heterocycles. The number of aliphatic hydroxyl groups is 2. The van der Waals surface area contributed by atoms with E-state index in [1.807, 2.05) is 45.9 Å². The smallest absolute Gasteiger partial charge is 0.316 e. The zero-order valence-corrected chi connectivity index (χ0v) is 44.2. The van der Waals surface area contributed by atoms with Crippen molar-refractivity contribution in [3.05, 3.63) is 59.3 Å². The van der Waals surface area contributed by atoms with Gasteiger partial charge in [-0.15, -0.1) is 0 Å². The van der Waals surface area contributed by atoms with Crippen LogP contribution in [0.5, 0.6) is 0 Å². The van der Waals surface area contributed by atoms with Crippen molar-refractivity contribution in [2.24, 2.45) is 23.7 Å². The van der Waals surface area contributed by atoms with Crippen LogP contribution in [0.4, 0.5) is 0 Å². The monoisotopic (exact) mass is 1020 g/mol. The zero-order valence-electron chi connectivity index (χ0n) is 44.2. The number of amides is 1. The van der Waals surface area contributed by atoms with Gasteiger partial charge in [-0.2, -0.15) is 0 Å². The molecular formula is C54H83NO17. The Kier molecular flexibility index (Phi) is 19.9. The second-order valence-corrected chi connectivity index (χ2v) is 20.9. The summed E-state index contributed by atoms with van der Waals surface area (Å²) in [6, 6.07) is -0.326. The van der Waals surface area contributed by atoms with Crippen molar-refractivity contribution in [3.8, 4) is 0 Å². The molecule has 6 heterocycles. The first-order valence-electron chi connectivity index (χ1n) is 26.0. The number of aliphatic hydroxyl groups excluding tert-OH is 1. The first kappa shape index (κ1) is 56.8. The highest BCUT2D eigenvalue weighted by Gasteiger charge is 2.60. The summed E-state index contributed by atoms with van der Waals surface area (Å²) in [4.78, 5) is 26.7. The maximum absolute atomic E-state index is 14.7. The zero-order chi connectivity index (χ0) is 51.9. The van der Waals surface area contributed by atoms with Crippen LogP contribution in [0.1, 0.15) is 93.9 Å². The molecule has 18 heteroatoms. The summed E-state index contributed by atoms with van der Waals surface area (Å²) >= 11 is 0. The van der Waals surface area contributed by atoms with E-state index in [0.717, 1.165) is 12.0 Å². The molecule has 0 aromatic rings. The van der Waals surface area contributed by atoms with Gasteiger partial charge in [0.15, 0.2) is 18.4 Å². The molecule has 7 rings (SSSR count). The number of ether oxygens (including phenoxy) is 13. The molecule has 1 amide bonds. The Morgan fingerprint density at radius 1 is 0.931 bits per heavy atom. The molecule has 0 aromatic heterocycles. The summed E-state index contributed by atoms with van der Waals surface area (Å²) in [5.74, 6) is -3.11. The molecule has 20 unspecified atom stereocenters. The minimum atomic E-state index is -1.95. The SMILES string of the molecule is CCC(C)C1OC2(C=CC1C)CC1CC(C/C=C(\C)C(OC3CC(OC)C(OC4CC(OC)C(NC(C)=O)C(C)O4)C(C)O3)C(C)/C=C/C=C3\COC4C(O)C(COCOCCOC)=CC(C(=O)O1)C34O)O2. The molecule has 0 saturated carbocycles. The van der Waals surface area contributed by atoms with Crippen molar-refractivity contribution < 1.29 is 81.4 Å². The average molecular weight is 1020 g/mol. The first-order valence-corrected chi connectivity index (χ1v) is 26.0. The van der Waals surface area contributed by atoms with Gasteiger partial charge in [0.25, 0.3) is 0 Å². The summed E-state index contributed by atoms with van der Waals surface area (Å²) in [6.45, 7) is 16.4. The van der Waals surface area contributed by atoms with E-state index in [2.05, 4.69) is 38.2 Å². The van der Waals surface area contributed by atoms with Crippen LogP contribution in [-0.2, 0) is 71.2 Å². The van der Waals surface area contributed by atoms with Crippen molar-refractivity contribution in [2.75, 3.05) is 54.5 Å². The normalized spacial score (nSPS) is 43.9. The van der Waals surface area contributed by atoms with E-state index in [4.69, 9.17) is 61.6 Å². The van der Waals surface area contributed by atoms with E-state index in [1.165, 1.54) is 6.92 Å². The minimum absolute atomic E-state index is 0.0414. The molecule has 7 aliphatic rings. The molecule has 6 aliphatic heterocycles. The lowest BCUT2D eigenvalue weighted by atomic mass is 9.70. The lowest BCUT2D eigenvalue weighted by molar-refractivity contribution is -0.311. The van der Waals surface area contributed by atoms with Crippen molar-refractivity contribution in [2.45, 2.75) is 191 Å². The molecule has 4 fully saturated rings. The van der Waals surface area contributed by atoms with Gasteiger partial charge in [0.2, 0.25) is 5.91 Å². The van der Waals surface area contributed by atoms with Gasteiger partial charge in [-0.1, -0.05) is 70.6 Å². The van der Waals surface area contributed by atoms with E-state index < -0.39 is 84.7 Å². The van der Waals surface area contributed by atoms with Gasteiger partial charge in [0.05, 0.1) is 75.2 Å². The quantitative estimate of drug-likeness (QED) is 0.0792. The molecule has 1 aliphatic carbocycles. The van der Waals surface area contributed by atoms with E-state index in [1.54, 1.807) is 33.5 Å². The Bertz CT molecular complexity index is 1970. The van der Waals surface area contributed by atoms with Crippen LogP contribution in [0, 0.1) is 23.7 Å². The lowest BCUT2D eigenvalue weighted by Gasteiger charge is -2.48. The molecule has 0 aromatic carbocycles. The van der Waals surface area contributed by atoms with Gasteiger partial charge in [-0.05, 0) is 55.9 Å². The predicted molar refractivity (Wildman–Crippen MR) is 262 cm³/mol. The number of hydrogen-bond donors (Lipinski definition) is 3. The summed E-state index contributed by atoms with van der Waals surface area (Å²) in [5.41, 5.74) is -0.238. The topological polar surface area (TPSA) is 207 Å². The Labute approximate surface area is 426 Å². The van der Waals surface area contributed by atoms with Crippen LogP contribution >= 0.6 is 0 Å². The van der Waals surface area contributed by atoms with Gasteiger partial charge in [0.1, 0.15) is 42.7 Å². The Hall–Kier alpha value is -2.92. The Morgan fingerprint density at radius 2 is 1.67 bits per heavy atom. The first-order chi connectivity index (χ1) is 34.4. The fraction of sp³-hybridized carbons (Fsp3) is 0.778. The number of rotatable bonds is 16. The molecule has 406 valence electrons. The van der Waals surface area contributed by atoms with E-state index in [9.17, 15) is 19.8 Å². The summed E-state index contributed by atoms with van der Waals surface area (Å²) < 4.78 is 81.1. The molecule has 1 spiro atoms. The molecule has 20 atom stereocenters.